The standard InChI is InChI=1S/C19H20N6/c1-2-5-17(6-3-1)11-25-13-18-12-23(10-7-19(18)20-14-25)8-4-9-24-15-21-22-16-24/h1-3,5-6,14-16H,7-8,10-13H2. The summed E-state index contributed by atoms with van der Waals surface area (Å²) in [6.07, 6.45) is 6.22. The first-order valence-electron chi connectivity index (χ1n) is 8.46. The summed E-state index contributed by atoms with van der Waals surface area (Å²) in [5.74, 6) is 3.19. The Hall–Kier alpha value is -2.91. The van der Waals surface area contributed by atoms with Crippen LogP contribution < -0.4 is 0 Å². The molecule has 0 atom stereocenters. The Morgan fingerprint density at radius 2 is 1.88 bits per heavy atom. The summed E-state index contributed by atoms with van der Waals surface area (Å²) in [6.45, 7) is 4.54. The highest BCUT2D eigenvalue weighted by Gasteiger charge is 2.22. The van der Waals surface area contributed by atoms with Crippen LogP contribution in [-0.2, 0) is 6.54 Å². The quantitative estimate of drug-likeness (QED) is 0.801. The number of hydrogen-bond donors (Lipinski definition) is 0. The van der Waals surface area contributed by atoms with Gasteiger partial charge in [-0.1, -0.05) is 36.3 Å². The Labute approximate surface area is 147 Å². The summed E-state index contributed by atoms with van der Waals surface area (Å²) < 4.78 is 1.68. The van der Waals surface area contributed by atoms with Gasteiger partial charge in [0.05, 0.1) is 12.9 Å². The van der Waals surface area contributed by atoms with E-state index in [0.29, 0.717) is 0 Å². The van der Waals surface area contributed by atoms with Crippen molar-refractivity contribution in [1.82, 2.24) is 24.6 Å². The minimum Gasteiger partial charge on any atom is -0.354 e. The van der Waals surface area contributed by atoms with E-state index in [2.05, 4.69) is 61.2 Å². The van der Waals surface area contributed by atoms with Crippen molar-refractivity contribution >= 4 is 6.34 Å². The van der Waals surface area contributed by atoms with Crippen LogP contribution in [0.3, 0.4) is 0 Å². The maximum Gasteiger partial charge on any atom is 0.131 e. The van der Waals surface area contributed by atoms with Gasteiger partial charge in [0.2, 0.25) is 0 Å². The van der Waals surface area contributed by atoms with Crippen molar-refractivity contribution < 1.29 is 0 Å². The van der Waals surface area contributed by atoms with Crippen LogP contribution in [0, 0.1) is 12.0 Å². The number of aromatic nitrogens is 3. The zero-order chi connectivity index (χ0) is 16.9. The molecule has 2 aromatic rings. The van der Waals surface area contributed by atoms with E-state index in [1.165, 1.54) is 16.8 Å². The predicted octanol–water partition coefficient (Wildman–Crippen LogP) is 1.59. The Balaban J connectivity index is 1.35. The van der Waals surface area contributed by atoms with Gasteiger partial charge < -0.3 is 4.90 Å². The topological polar surface area (TPSA) is 49.6 Å². The van der Waals surface area contributed by atoms with E-state index in [1.807, 2.05) is 12.4 Å². The van der Waals surface area contributed by atoms with Crippen LogP contribution in [-0.4, -0.2) is 57.1 Å². The van der Waals surface area contributed by atoms with Crippen molar-refractivity contribution in [3.05, 3.63) is 59.8 Å². The van der Waals surface area contributed by atoms with Crippen LogP contribution in [0.4, 0.5) is 0 Å². The minimum atomic E-state index is 0.747. The Bertz CT molecular complexity index is 826. The van der Waals surface area contributed by atoms with Crippen LogP contribution in [0.2, 0.25) is 0 Å². The molecular weight excluding hydrogens is 312 g/mol. The van der Waals surface area contributed by atoms with Gasteiger partial charge in [-0.3, -0.25) is 4.90 Å². The van der Waals surface area contributed by atoms with Gasteiger partial charge in [-0.2, -0.15) is 0 Å². The van der Waals surface area contributed by atoms with Crippen LogP contribution in [0.15, 0.2) is 59.2 Å². The molecule has 0 radical (unpaired) electrons. The highest BCUT2D eigenvalue weighted by Crippen LogP contribution is 2.23. The predicted molar refractivity (Wildman–Crippen MR) is 96.6 cm³/mol. The van der Waals surface area contributed by atoms with E-state index in [0.717, 1.165) is 39.1 Å². The maximum atomic E-state index is 4.68. The third-order valence-electron chi connectivity index (χ3n) is 4.42. The number of nitrogens with zero attached hydrogens (tertiary/aromatic N) is 6. The summed E-state index contributed by atoms with van der Waals surface area (Å²) in [7, 11) is 0. The largest absolute Gasteiger partial charge is 0.354 e. The Morgan fingerprint density at radius 1 is 1.04 bits per heavy atom. The minimum absolute atomic E-state index is 0.747. The number of hydrogen-bond acceptors (Lipinski definition) is 5. The second kappa shape index (κ2) is 7.32. The van der Waals surface area contributed by atoms with Gasteiger partial charge in [0.25, 0.3) is 0 Å². The third kappa shape index (κ3) is 3.95. The third-order valence-corrected chi connectivity index (χ3v) is 4.42. The summed E-state index contributed by atoms with van der Waals surface area (Å²) in [6, 6.07) is 13.6. The van der Waals surface area contributed by atoms with Gasteiger partial charge in [0.15, 0.2) is 0 Å². The van der Waals surface area contributed by atoms with E-state index in [4.69, 9.17) is 0 Å². The van der Waals surface area contributed by atoms with Crippen molar-refractivity contribution in [2.45, 2.75) is 13.0 Å². The summed E-state index contributed by atoms with van der Waals surface area (Å²) in [4.78, 5) is 9.33. The number of rotatable bonds is 3. The van der Waals surface area contributed by atoms with E-state index < -0.39 is 0 Å². The van der Waals surface area contributed by atoms with E-state index in [9.17, 15) is 0 Å². The molecule has 0 fully saturated rings. The van der Waals surface area contributed by atoms with Crippen LogP contribution in [0.25, 0.3) is 0 Å². The molecule has 2 aliphatic heterocycles. The van der Waals surface area contributed by atoms with Crippen LogP contribution in [0.1, 0.15) is 12.0 Å². The molecule has 2 aliphatic rings. The van der Waals surface area contributed by atoms with Crippen LogP contribution in [0.5, 0.6) is 0 Å². The highest BCUT2D eigenvalue weighted by molar-refractivity contribution is 5.60. The second-order valence-corrected chi connectivity index (χ2v) is 6.30. The van der Waals surface area contributed by atoms with Gasteiger partial charge in [-0.05, 0) is 11.1 Å². The van der Waals surface area contributed by atoms with Gasteiger partial charge >= 0.3 is 0 Å². The fraction of sp³-hybridized carbons (Fsp3) is 0.316. The van der Waals surface area contributed by atoms with Crippen molar-refractivity contribution in [3.8, 4) is 12.0 Å². The number of aliphatic imine (C=N–C) groups is 1. The van der Waals surface area contributed by atoms with Crippen LogP contribution >= 0.6 is 0 Å². The molecule has 3 heterocycles. The van der Waals surface area contributed by atoms with Gasteiger partial charge in [-0.25, -0.2) is 9.56 Å². The SMILES string of the molecule is C(#Cn1cnnc1)CN1CCC2=C(CN(Cc3ccccc3)C=N2)C1. The van der Waals surface area contributed by atoms with Crippen molar-refractivity contribution in [2.75, 3.05) is 26.2 Å². The first-order chi connectivity index (χ1) is 12.4. The maximum absolute atomic E-state index is 4.68. The molecule has 0 unspecified atom stereocenters. The average molecular weight is 332 g/mol. The van der Waals surface area contributed by atoms with E-state index in [1.54, 1.807) is 17.2 Å². The van der Waals surface area contributed by atoms with Gasteiger partial charge in [0, 0.05) is 44.3 Å². The molecule has 6 nitrogen and oxygen atoms in total. The number of benzene rings is 1. The second-order valence-electron chi connectivity index (χ2n) is 6.30. The molecule has 0 saturated carbocycles. The van der Waals surface area contributed by atoms with Crippen molar-refractivity contribution in [1.29, 1.82) is 0 Å². The molecule has 0 aliphatic carbocycles. The van der Waals surface area contributed by atoms with E-state index in [-0.39, 0.29) is 0 Å². The van der Waals surface area contributed by atoms with E-state index >= 15 is 0 Å². The molecule has 1 aromatic carbocycles. The zero-order valence-electron chi connectivity index (χ0n) is 14.0. The molecule has 6 heteroatoms. The lowest BCUT2D eigenvalue weighted by Crippen LogP contribution is -2.38. The average Bonchev–Trinajstić information content (AvgIpc) is 3.16. The lowest BCUT2D eigenvalue weighted by molar-refractivity contribution is 0.300. The molecule has 1 aromatic heterocycles. The molecule has 4 rings (SSSR count). The Kier molecular flexibility index (Phi) is 4.57. The molecule has 126 valence electrons. The van der Waals surface area contributed by atoms with Crippen molar-refractivity contribution in [3.63, 3.8) is 0 Å². The molecular formula is C19H20N6. The summed E-state index contributed by atoms with van der Waals surface area (Å²) >= 11 is 0. The normalized spacial score (nSPS) is 17.2. The monoisotopic (exact) mass is 332 g/mol. The molecule has 25 heavy (non-hydrogen) atoms. The zero-order valence-corrected chi connectivity index (χ0v) is 14.0. The fourth-order valence-electron chi connectivity index (χ4n) is 3.16. The first-order valence-corrected chi connectivity index (χ1v) is 8.46. The fourth-order valence-corrected chi connectivity index (χ4v) is 3.16. The van der Waals surface area contributed by atoms with Gasteiger partial charge in [0.1, 0.15) is 12.7 Å². The molecule has 0 amide bonds. The molecule has 0 N–H and O–H groups in total. The lowest BCUT2D eigenvalue weighted by atomic mass is 10.0. The van der Waals surface area contributed by atoms with Crippen molar-refractivity contribution in [2.24, 2.45) is 4.99 Å². The lowest BCUT2D eigenvalue weighted by Gasteiger charge is -2.33. The molecule has 0 bridgehead atoms. The molecule has 0 spiro atoms. The highest BCUT2D eigenvalue weighted by atomic mass is 15.2. The summed E-state index contributed by atoms with van der Waals surface area (Å²) in [5.41, 5.74) is 3.98. The summed E-state index contributed by atoms with van der Waals surface area (Å²) in [5, 5.41) is 7.50. The smallest absolute Gasteiger partial charge is 0.131 e. The first kappa shape index (κ1) is 15.6. The molecule has 0 saturated heterocycles. The van der Waals surface area contributed by atoms with Gasteiger partial charge in [-0.15, -0.1) is 10.2 Å². The Morgan fingerprint density at radius 3 is 2.72 bits per heavy atom.